The average molecular weight is 735 g/mol. The van der Waals surface area contributed by atoms with Gasteiger partial charge in [0.1, 0.15) is 11.5 Å². The highest BCUT2D eigenvalue weighted by Crippen LogP contribution is 2.48. The van der Waals surface area contributed by atoms with Gasteiger partial charge in [-0.3, -0.25) is 9.59 Å². The normalized spacial score (nSPS) is 31.5. The summed E-state index contributed by atoms with van der Waals surface area (Å²) in [5.41, 5.74) is 7.42. The minimum Gasteiger partial charge on any atom is -0.426 e. The fraction of sp³-hybridized carbons (Fsp3) is 0.720. The molecule has 4 nitrogen and oxygen atoms in total. The Kier molecular flexibility index (Phi) is 12.5. The lowest BCUT2D eigenvalue weighted by molar-refractivity contribution is -0.136. The lowest BCUT2D eigenvalue weighted by atomic mass is 9.69. The van der Waals surface area contributed by atoms with Crippen LogP contribution in [0.4, 0.5) is 0 Å². The van der Waals surface area contributed by atoms with E-state index in [2.05, 4.69) is 38.1 Å². The Hall–Kier alpha value is -2.62. The van der Waals surface area contributed by atoms with Gasteiger partial charge in [-0.15, -0.1) is 0 Å². The zero-order valence-electron chi connectivity index (χ0n) is 33.9. The van der Waals surface area contributed by atoms with Gasteiger partial charge in [0.25, 0.3) is 0 Å². The van der Waals surface area contributed by atoms with E-state index in [1.807, 2.05) is 0 Å². The molecule has 0 bridgehead atoms. The lowest BCUT2D eigenvalue weighted by Crippen LogP contribution is -2.26. The van der Waals surface area contributed by atoms with Gasteiger partial charge in [-0.05, 0) is 210 Å². The highest BCUT2D eigenvalue weighted by atomic mass is 16.5. The largest absolute Gasteiger partial charge is 0.426 e. The summed E-state index contributed by atoms with van der Waals surface area (Å²) in [5, 5.41) is 0. The Balaban J connectivity index is 0.981. The number of hydrogen-bond acceptors (Lipinski definition) is 4. The number of esters is 2. The molecule has 2 aromatic rings. The van der Waals surface area contributed by atoms with E-state index in [9.17, 15) is 9.59 Å². The standard InChI is InChI=1S/C50H70O4/c1-33-11-19-37(20-12-33)39-23-15-35(16-24-39)31-47(51)53-45-29-27-41-7-3-5-9-43(41)49(45)50-44-10-6-4-8-42(44)28-30-46(50)54-48(52)32-36-17-25-40(26-18-36)38-21-13-34(2)14-22-38/h27-30,33-40H,3-26,31-32H2,1-2H3. The van der Waals surface area contributed by atoms with Crippen LogP contribution in [0.2, 0.25) is 0 Å². The Labute approximate surface area is 327 Å². The first kappa shape index (κ1) is 38.3. The summed E-state index contributed by atoms with van der Waals surface area (Å²) in [6, 6.07) is 8.56. The number of ether oxygens (including phenoxy) is 2. The SMILES string of the molecule is CC1CCC(C2CCC(CC(=O)Oc3ccc4c(c3-c3c(OC(=O)CC5CCC(C6CCC(C)CC6)CC5)ccc5c3CCCC5)CCCC4)CC2)CC1. The molecule has 8 rings (SSSR count). The molecule has 54 heavy (non-hydrogen) atoms. The van der Waals surface area contributed by atoms with E-state index in [0.29, 0.717) is 36.2 Å². The Morgan fingerprint density at radius 2 is 0.796 bits per heavy atom. The van der Waals surface area contributed by atoms with Gasteiger partial charge in [-0.25, -0.2) is 0 Å². The van der Waals surface area contributed by atoms with Gasteiger partial charge in [0.05, 0.1) is 0 Å². The highest BCUT2D eigenvalue weighted by molar-refractivity contribution is 5.88. The molecule has 0 saturated heterocycles. The van der Waals surface area contributed by atoms with Crippen LogP contribution in [-0.2, 0) is 35.3 Å². The third-order valence-corrected chi connectivity index (χ3v) is 15.8. The first-order valence-electron chi connectivity index (χ1n) is 23.1. The maximum Gasteiger partial charge on any atom is 0.311 e. The van der Waals surface area contributed by atoms with Crippen LogP contribution in [0.25, 0.3) is 11.1 Å². The monoisotopic (exact) mass is 735 g/mol. The second kappa shape index (κ2) is 17.7. The number of carbonyl (C=O) groups is 2. The second-order valence-electron chi connectivity index (χ2n) is 19.5. The molecular formula is C50H70O4. The van der Waals surface area contributed by atoms with Crippen molar-refractivity contribution in [3.8, 4) is 22.6 Å². The molecule has 0 atom stereocenters. The van der Waals surface area contributed by atoms with Crippen molar-refractivity contribution in [2.45, 2.75) is 181 Å². The van der Waals surface area contributed by atoms with Crippen molar-refractivity contribution in [1.82, 2.24) is 0 Å². The van der Waals surface area contributed by atoms with Gasteiger partial charge in [-0.2, -0.15) is 0 Å². The van der Waals surface area contributed by atoms with Crippen molar-refractivity contribution in [1.29, 1.82) is 0 Å². The smallest absolute Gasteiger partial charge is 0.311 e. The van der Waals surface area contributed by atoms with Gasteiger partial charge >= 0.3 is 11.9 Å². The van der Waals surface area contributed by atoms with Crippen LogP contribution in [0.5, 0.6) is 11.5 Å². The van der Waals surface area contributed by atoms with Crippen molar-refractivity contribution in [3.63, 3.8) is 0 Å². The quantitative estimate of drug-likeness (QED) is 0.190. The predicted octanol–water partition coefficient (Wildman–Crippen LogP) is 13.0. The Morgan fingerprint density at radius 3 is 1.17 bits per heavy atom. The van der Waals surface area contributed by atoms with Crippen LogP contribution in [0.1, 0.15) is 177 Å². The summed E-state index contributed by atoms with van der Waals surface area (Å²) in [5.74, 6) is 7.30. The summed E-state index contributed by atoms with van der Waals surface area (Å²) < 4.78 is 13.0. The third-order valence-electron chi connectivity index (χ3n) is 15.8. The number of hydrogen-bond donors (Lipinski definition) is 0. The Morgan fingerprint density at radius 1 is 0.463 bits per heavy atom. The van der Waals surface area contributed by atoms with Gasteiger partial charge in [0.2, 0.25) is 0 Å². The van der Waals surface area contributed by atoms with E-state index in [4.69, 9.17) is 9.47 Å². The summed E-state index contributed by atoms with van der Waals surface area (Å²) in [7, 11) is 0. The van der Waals surface area contributed by atoms with Crippen LogP contribution >= 0.6 is 0 Å². The van der Waals surface area contributed by atoms with Crippen molar-refractivity contribution in [3.05, 3.63) is 46.5 Å². The third kappa shape index (κ3) is 8.99. The van der Waals surface area contributed by atoms with E-state index in [1.165, 1.54) is 112 Å². The van der Waals surface area contributed by atoms with Gasteiger partial charge in [-0.1, -0.05) is 51.7 Å². The van der Waals surface area contributed by atoms with Gasteiger partial charge < -0.3 is 9.47 Å². The van der Waals surface area contributed by atoms with E-state index in [0.717, 1.165) is 111 Å². The van der Waals surface area contributed by atoms with E-state index >= 15 is 0 Å². The predicted molar refractivity (Wildman–Crippen MR) is 219 cm³/mol. The van der Waals surface area contributed by atoms with Crippen molar-refractivity contribution >= 4 is 11.9 Å². The summed E-state index contributed by atoms with van der Waals surface area (Å²) >= 11 is 0. The van der Waals surface area contributed by atoms with Crippen molar-refractivity contribution in [2.24, 2.45) is 47.3 Å². The number of fused-ring (bicyclic) bond motifs is 2. The maximum atomic E-state index is 13.9. The molecule has 4 heteroatoms. The minimum atomic E-state index is -0.0939. The summed E-state index contributed by atoms with van der Waals surface area (Å²) in [6.45, 7) is 4.83. The summed E-state index contributed by atoms with van der Waals surface area (Å²) in [6.07, 6.45) is 30.6. The molecular weight excluding hydrogens is 665 g/mol. The zero-order chi connectivity index (χ0) is 37.0. The van der Waals surface area contributed by atoms with Crippen LogP contribution in [-0.4, -0.2) is 11.9 Å². The molecule has 0 aromatic heterocycles. The number of carbonyl (C=O) groups excluding carboxylic acids is 2. The molecule has 0 radical (unpaired) electrons. The maximum absolute atomic E-state index is 13.9. The van der Waals surface area contributed by atoms with Crippen molar-refractivity contribution < 1.29 is 19.1 Å². The first-order valence-corrected chi connectivity index (χ1v) is 23.1. The van der Waals surface area contributed by atoms with E-state index in [-0.39, 0.29) is 11.9 Å². The van der Waals surface area contributed by atoms with E-state index < -0.39 is 0 Å². The molecule has 6 aliphatic carbocycles. The molecule has 4 fully saturated rings. The average Bonchev–Trinajstić information content (AvgIpc) is 3.19. The highest BCUT2D eigenvalue weighted by Gasteiger charge is 2.34. The molecule has 0 amide bonds. The fourth-order valence-corrected chi connectivity index (χ4v) is 12.4. The fourth-order valence-electron chi connectivity index (χ4n) is 12.4. The topological polar surface area (TPSA) is 52.6 Å². The van der Waals surface area contributed by atoms with Crippen LogP contribution in [0, 0.1) is 47.3 Å². The Bertz CT molecular complexity index is 1470. The molecule has 0 aliphatic heterocycles. The number of benzene rings is 2. The molecule has 0 heterocycles. The molecule has 0 unspecified atom stereocenters. The molecule has 0 spiro atoms. The lowest BCUT2D eigenvalue weighted by Gasteiger charge is -2.37. The van der Waals surface area contributed by atoms with Gasteiger partial charge in [0.15, 0.2) is 0 Å². The minimum absolute atomic E-state index is 0.0939. The van der Waals surface area contributed by atoms with Crippen molar-refractivity contribution in [2.75, 3.05) is 0 Å². The summed E-state index contributed by atoms with van der Waals surface area (Å²) in [4.78, 5) is 27.7. The second-order valence-corrected chi connectivity index (χ2v) is 19.5. The molecule has 0 N–H and O–H groups in total. The van der Waals surface area contributed by atoms with Crippen LogP contribution in [0.15, 0.2) is 24.3 Å². The van der Waals surface area contributed by atoms with Crippen LogP contribution < -0.4 is 9.47 Å². The molecule has 4 saturated carbocycles. The van der Waals surface area contributed by atoms with Crippen LogP contribution in [0.3, 0.4) is 0 Å². The molecule has 6 aliphatic rings. The number of rotatable bonds is 9. The first-order chi connectivity index (χ1) is 26.4. The van der Waals surface area contributed by atoms with Gasteiger partial charge in [0, 0.05) is 24.0 Å². The molecule has 2 aromatic carbocycles. The number of aryl methyl sites for hydroxylation is 2. The zero-order valence-corrected chi connectivity index (χ0v) is 33.9. The molecule has 294 valence electrons. The van der Waals surface area contributed by atoms with E-state index in [1.54, 1.807) is 0 Å².